The van der Waals surface area contributed by atoms with Crippen LogP contribution in [-0.2, 0) is 4.79 Å². The van der Waals surface area contributed by atoms with Crippen molar-refractivity contribution in [1.29, 1.82) is 0 Å². The minimum atomic E-state index is -0.927. The predicted molar refractivity (Wildman–Crippen MR) is 88.0 cm³/mol. The molecule has 0 fully saturated rings. The molecule has 0 radical (unpaired) electrons. The summed E-state index contributed by atoms with van der Waals surface area (Å²) in [6, 6.07) is 12.5. The summed E-state index contributed by atoms with van der Waals surface area (Å²) in [5.74, 6) is -0.758. The zero-order chi connectivity index (χ0) is 17.3. The topological polar surface area (TPSA) is 75.7 Å². The summed E-state index contributed by atoms with van der Waals surface area (Å²) >= 11 is 0. The largest absolute Gasteiger partial charge is 0.497 e. The van der Waals surface area contributed by atoms with Gasteiger partial charge in [0.25, 0.3) is 11.8 Å². The van der Waals surface area contributed by atoms with Crippen molar-refractivity contribution in [3.05, 3.63) is 59.7 Å². The number of rotatable bonds is 4. The zero-order valence-electron chi connectivity index (χ0n) is 13.3. The van der Waals surface area contributed by atoms with Gasteiger partial charge < -0.3 is 10.1 Å². The van der Waals surface area contributed by atoms with Crippen molar-refractivity contribution < 1.29 is 19.1 Å². The van der Waals surface area contributed by atoms with Crippen molar-refractivity contribution >= 4 is 23.4 Å². The Balaban J connectivity index is 1.79. The fourth-order valence-corrected chi connectivity index (χ4v) is 2.62. The third-order valence-electron chi connectivity index (χ3n) is 3.93. The molecule has 1 aliphatic rings. The van der Waals surface area contributed by atoms with Crippen molar-refractivity contribution in [2.24, 2.45) is 0 Å². The summed E-state index contributed by atoms with van der Waals surface area (Å²) in [5, 5.41) is 2.70. The maximum atomic E-state index is 12.4. The summed E-state index contributed by atoms with van der Waals surface area (Å²) in [4.78, 5) is 38.3. The quantitative estimate of drug-likeness (QED) is 0.876. The Morgan fingerprint density at radius 1 is 1.04 bits per heavy atom. The fraction of sp³-hybridized carbons (Fsp3) is 0.167. The van der Waals surface area contributed by atoms with Gasteiger partial charge >= 0.3 is 0 Å². The van der Waals surface area contributed by atoms with E-state index in [1.54, 1.807) is 48.5 Å². The molecule has 0 saturated heterocycles. The SMILES string of the molecule is COc1cccc(NC(=O)[C@H](C)N2C(=O)c3ccccc3C2=O)c1. The number of nitrogens with one attached hydrogen (secondary N) is 1. The predicted octanol–water partition coefficient (Wildman–Crippen LogP) is 2.32. The van der Waals surface area contributed by atoms with Gasteiger partial charge in [0.05, 0.1) is 18.2 Å². The van der Waals surface area contributed by atoms with Gasteiger partial charge in [-0.2, -0.15) is 0 Å². The molecule has 2 aromatic carbocycles. The molecule has 3 amide bonds. The molecule has 0 bridgehead atoms. The van der Waals surface area contributed by atoms with Crippen LogP contribution < -0.4 is 10.1 Å². The molecule has 0 aliphatic carbocycles. The Kier molecular flexibility index (Phi) is 4.04. The number of anilines is 1. The smallest absolute Gasteiger partial charge is 0.262 e. The second-order valence-corrected chi connectivity index (χ2v) is 5.42. The van der Waals surface area contributed by atoms with Crippen molar-refractivity contribution in [1.82, 2.24) is 4.90 Å². The van der Waals surface area contributed by atoms with Gasteiger partial charge in [-0.3, -0.25) is 19.3 Å². The van der Waals surface area contributed by atoms with E-state index in [0.717, 1.165) is 4.90 Å². The summed E-state index contributed by atoms with van der Waals surface area (Å²) in [7, 11) is 1.53. The molecule has 24 heavy (non-hydrogen) atoms. The number of carbonyl (C=O) groups is 3. The summed E-state index contributed by atoms with van der Waals surface area (Å²) in [6.45, 7) is 1.52. The van der Waals surface area contributed by atoms with E-state index in [-0.39, 0.29) is 0 Å². The Morgan fingerprint density at radius 2 is 1.67 bits per heavy atom. The third kappa shape index (κ3) is 2.62. The van der Waals surface area contributed by atoms with E-state index in [9.17, 15) is 14.4 Å². The Morgan fingerprint density at radius 3 is 2.25 bits per heavy atom. The first-order valence-corrected chi connectivity index (χ1v) is 7.44. The number of imide groups is 1. The van der Waals surface area contributed by atoms with Crippen LogP contribution in [0.4, 0.5) is 5.69 Å². The first-order valence-electron chi connectivity index (χ1n) is 7.44. The van der Waals surface area contributed by atoms with E-state index in [1.165, 1.54) is 14.0 Å². The van der Waals surface area contributed by atoms with Crippen LogP contribution in [0.2, 0.25) is 0 Å². The molecule has 3 rings (SSSR count). The van der Waals surface area contributed by atoms with E-state index >= 15 is 0 Å². The normalized spacial score (nSPS) is 14.3. The Hall–Kier alpha value is -3.15. The molecule has 2 aromatic rings. The number of nitrogens with zero attached hydrogens (tertiary/aromatic N) is 1. The second-order valence-electron chi connectivity index (χ2n) is 5.42. The van der Waals surface area contributed by atoms with Crippen LogP contribution in [0.3, 0.4) is 0 Å². The van der Waals surface area contributed by atoms with Gasteiger partial charge in [-0.1, -0.05) is 18.2 Å². The molecular weight excluding hydrogens is 308 g/mol. The average molecular weight is 324 g/mol. The van der Waals surface area contributed by atoms with Gasteiger partial charge in [-0.15, -0.1) is 0 Å². The molecule has 0 saturated carbocycles. The molecule has 6 heteroatoms. The van der Waals surface area contributed by atoms with Crippen LogP contribution in [0.1, 0.15) is 27.6 Å². The van der Waals surface area contributed by atoms with E-state index < -0.39 is 23.8 Å². The van der Waals surface area contributed by atoms with Gasteiger partial charge in [-0.05, 0) is 31.2 Å². The highest BCUT2D eigenvalue weighted by molar-refractivity contribution is 6.23. The first kappa shape index (κ1) is 15.7. The van der Waals surface area contributed by atoms with Gasteiger partial charge in [0.2, 0.25) is 5.91 Å². The third-order valence-corrected chi connectivity index (χ3v) is 3.93. The first-order chi connectivity index (χ1) is 11.5. The number of carbonyl (C=O) groups excluding carboxylic acids is 3. The van der Waals surface area contributed by atoms with Gasteiger partial charge in [0.15, 0.2) is 0 Å². The second kappa shape index (κ2) is 6.16. The van der Waals surface area contributed by atoms with Gasteiger partial charge in [0, 0.05) is 11.8 Å². The van der Waals surface area contributed by atoms with Crippen molar-refractivity contribution in [3.8, 4) is 5.75 Å². The highest BCUT2D eigenvalue weighted by atomic mass is 16.5. The molecule has 1 heterocycles. The van der Waals surface area contributed by atoms with Crippen LogP contribution in [0.15, 0.2) is 48.5 Å². The zero-order valence-corrected chi connectivity index (χ0v) is 13.3. The number of benzene rings is 2. The van der Waals surface area contributed by atoms with E-state index in [1.807, 2.05) is 0 Å². The minimum absolute atomic E-state index is 0.323. The number of amides is 3. The number of ether oxygens (including phenoxy) is 1. The van der Waals surface area contributed by atoms with Gasteiger partial charge in [-0.25, -0.2) is 0 Å². The van der Waals surface area contributed by atoms with E-state index in [4.69, 9.17) is 4.74 Å². The summed E-state index contributed by atoms with van der Waals surface area (Å²) in [6.07, 6.45) is 0. The molecular formula is C18H16N2O4. The summed E-state index contributed by atoms with van der Waals surface area (Å²) < 4.78 is 5.10. The van der Waals surface area contributed by atoms with Crippen molar-refractivity contribution in [2.45, 2.75) is 13.0 Å². The van der Waals surface area contributed by atoms with Crippen molar-refractivity contribution in [3.63, 3.8) is 0 Å². The van der Waals surface area contributed by atoms with Crippen LogP contribution in [-0.4, -0.2) is 35.8 Å². The lowest BCUT2D eigenvalue weighted by Gasteiger charge is -2.21. The Labute approximate surface area is 139 Å². The van der Waals surface area contributed by atoms with Crippen LogP contribution in [0, 0.1) is 0 Å². The van der Waals surface area contributed by atoms with Crippen LogP contribution >= 0.6 is 0 Å². The number of methoxy groups -OCH3 is 1. The van der Waals surface area contributed by atoms with E-state index in [0.29, 0.717) is 22.6 Å². The molecule has 122 valence electrons. The molecule has 1 aliphatic heterocycles. The molecule has 1 atom stereocenters. The summed E-state index contributed by atoms with van der Waals surface area (Å²) in [5.41, 5.74) is 1.18. The number of hydrogen-bond donors (Lipinski definition) is 1. The molecule has 0 spiro atoms. The van der Waals surface area contributed by atoms with E-state index in [2.05, 4.69) is 5.32 Å². The molecule has 1 N–H and O–H groups in total. The number of fused-ring (bicyclic) bond motifs is 1. The minimum Gasteiger partial charge on any atom is -0.497 e. The molecule has 0 unspecified atom stereocenters. The maximum Gasteiger partial charge on any atom is 0.262 e. The monoisotopic (exact) mass is 324 g/mol. The molecule has 0 aromatic heterocycles. The van der Waals surface area contributed by atoms with Crippen molar-refractivity contribution in [2.75, 3.05) is 12.4 Å². The lowest BCUT2D eigenvalue weighted by molar-refractivity contribution is -0.119. The van der Waals surface area contributed by atoms with Gasteiger partial charge in [0.1, 0.15) is 11.8 Å². The average Bonchev–Trinajstić information content (AvgIpc) is 2.86. The lowest BCUT2D eigenvalue weighted by atomic mass is 10.1. The van der Waals surface area contributed by atoms with Crippen LogP contribution in [0.25, 0.3) is 0 Å². The highest BCUT2D eigenvalue weighted by Gasteiger charge is 2.40. The maximum absolute atomic E-state index is 12.4. The fourth-order valence-electron chi connectivity index (χ4n) is 2.62. The standard InChI is InChI=1S/C18H16N2O4/c1-11(16(21)19-12-6-5-7-13(10-12)24-2)20-17(22)14-8-3-4-9-15(14)18(20)23/h3-11H,1-2H3,(H,19,21)/t11-/m0/s1. The Bertz CT molecular complexity index is 796. The highest BCUT2D eigenvalue weighted by Crippen LogP contribution is 2.25. The van der Waals surface area contributed by atoms with Crippen LogP contribution in [0.5, 0.6) is 5.75 Å². The lowest BCUT2D eigenvalue weighted by Crippen LogP contribution is -2.45. The molecule has 6 nitrogen and oxygen atoms in total. The number of hydrogen-bond acceptors (Lipinski definition) is 4.